The van der Waals surface area contributed by atoms with Crippen LogP contribution in [0.2, 0.25) is 0 Å². The van der Waals surface area contributed by atoms with E-state index in [-0.39, 0.29) is 0 Å². The molecule has 0 radical (unpaired) electrons. The van der Waals surface area contributed by atoms with Gasteiger partial charge in [-0.3, -0.25) is 0 Å². The predicted octanol–water partition coefficient (Wildman–Crippen LogP) is 2.74. The third-order valence-corrected chi connectivity index (χ3v) is 1.95. The zero-order valence-electron chi connectivity index (χ0n) is 6.58. The van der Waals surface area contributed by atoms with Crippen LogP contribution in [0.3, 0.4) is 0 Å². The van der Waals surface area contributed by atoms with Gasteiger partial charge in [0.25, 0.3) is 0 Å². The molecular weight excluding hydrogens is 156 g/mol. The molecule has 0 spiro atoms. The zero-order valence-corrected chi connectivity index (χ0v) is 7.40. The second-order valence-electron chi connectivity index (χ2n) is 2.57. The molecule has 1 N–H and O–H groups in total. The van der Waals surface area contributed by atoms with Gasteiger partial charge in [-0.15, -0.1) is 0 Å². The molecule has 0 unspecified atom stereocenters. The van der Waals surface area contributed by atoms with Gasteiger partial charge in [0.1, 0.15) is 0 Å². The van der Waals surface area contributed by atoms with E-state index in [9.17, 15) is 0 Å². The molecule has 0 saturated carbocycles. The van der Waals surface area contributed by atoms with Crippen LogP contribution in [-0.4, -0.2) is 10.3 Å². The van der Waals surface area contributed by atoms with E-state index in [1.165, 1.54) is 11.1 Å². The molecule has 0 aromatic heterocycles. The van der Waals surface area contributed by atoms with Crippen LogP contribution in [0, 0.1) is 6.92 Å². The lowest BCUT2D eigenvalue weighted by molar-refractivity contribution is 0.663. The molecule has 11 heavy (non-hydrogen) atoms. The normalized spacial score (nSPS) is 10.0. The maximum Gasteiger partial charge on any atom is 0.0235 e. The van der Waals surface area contributed by atoms with Crippen molar-refractivity contribution < 1.29 is 4.55 Å². The summed E-state index contributed by atoms with van der Waals surface area (Å²) in [7, 11) is 0. The molecule has 1 nitrogen and oxygen atoms in total. The third kappa shape index (κ3) is 2.95. The molecular formula is C9H12OS. The van der Waals surface area contributed by atoms with Gasteiger partial charge in [0.2, 0.25) is 0 Å². The fourth-order valence-electron chi connectivity index (χ4n) is 1.03. The molecule has 0 atom stereocenters. The maximum absolute atomic E-state index is 8.51. The van der Waals surface area contributed by atoms with Crippen LogP contribution in [-0.2, 0) is 6.42 Å². The summed E-state index contributed by atoms with van der Waals surface area (Å²) in [5.74, 6) is 0.781. The molecule has 0 fully saturated rings. The Morgan fingerprint density at radius 3 is 2.91 bits per heavy atom. The summed E-state index contributed by atoms with van der Waals surface area (Å²) in [6.07, 6.45) is 0.947. The van der Waals surface area contributed by atoms with Crippen LogP contribution >= 0.6 is 12.0 Å². The lowest BCUT2D eigenvalue weighted by Crippen LogP contribution is -1.87. The molecule has 0 aliphatic rings. The minimum Gasteiger partial charge on any atom is -0.330 e. The number of hydrogen-bond donors (Lipinski definition) is 1. The average molecular weight is 168 g/mol. The van der Waals surface area contributed by atoms with Crippen LogP contribution in [0.4, 0.5) is 0 Å². The SMILES string of the molecule is Cc1cccc(CCSO)c1. The van der Waals surface area contributed by atoms with E-state index < -0.39 is 0 Å². The maximum atomic E-state index is 8.51. The predicted molar refractivity (Wildman–Crippen MR) is 50.0 cm³/mol. The summed E-state index contributed by atoms with van der Waals surface area (Å²) in [6, 6.07) is 8.36. The molecule has 1 aromatic carbocycles. The molecule has 0 amide bonds. The monoisotopic (exact) mass is 168 g/mol. The van der Waals surface area contributed by atoms with Gasteiger partial charge >= 0.3 is 0 Å². The summed E-state index contributed by atoms with van der Waals surface area (Å²) >= 11 is 0.902. The van der Waals surface area contributed by atoms with E-state index in [1.807, 2.05) is 6.07 Å². The molecule has 0 heterocycles. The highest BCUT2D eigenvalue weighted by Crippen LogP contribution is 2.06. The number of rotatable bonds is 3. The summed E-state index contributed by atoms with van der Waals surface area (Å²) in [5.41, 5.74) is 2.58. The van der Waals surface area contributed by atoms with Crippen molar-refractivity contribution in [1.29, 1.82) is 0 Å². The van der Waals surface area contributed by atoms with Crippen LogP contribution < -0.4 is 0 Å². The van der Waals surface area contributed by atoms with Gasteiger partial charge in [-0.25, -0.2) is 0 Å². The van der Waals surface area contributed by atoms with E-state index in [0.29, 0.717) is 0 Å². The molecule has 1 aromatic rings. The van der Waals surface area contributed by atoms with Gasteiger partial charge in [0, 0.05) is 5.75 Å². The second kappa shape index (κ2) is 4.42. The fraction of sp³-hybridized carbons (Fsp3) is 0.333. The first kappa shape index (κ1) is 8.62. The van der Waals surface area contributed by atoms with Crippen LogP contribution in [0.25, 0.3) is 0 Å². The topological polar surface area (TPSA) is 20.2 Å². The number of aryl methyl sites for hydroxylation is 2. The van der Waals surface area contributed by atoms with Gasteiger partial charge < -0.3 is 4.55 Å². The van der Waals surface area contributed by atoms with Crippen LogP contribution in [0.15, 0.2) is 24.3 Å². The van der Waals surface area contributed by atoms with Crippen molar-refractivity contribution in [2.24, 2.45) is 0 Å². The Kier molecular flexibility index (Phi) is 3.46. The Balaban J connectivity index is 2.56. The lowest BCUT2D eigenvalue weighted by atomic mass is 10.1. The second-order valence-corrected chi connectivity index (χ2v) is 3.24. The van der Waals surface area contributed by atoms with E-state index in [1.54, 1.807) is 0 Å². The van der Waals surface area contributed by atoms with Crippen molar-refractivity contribution in [1.82, 2.24) is 0 Å². The molecule has 2 heteroatoms. The summed E-state index contributed by atoms with van der Waals surface area (Å²) in [4.78, 5) is 0. The largest absolute Gasteiger partial charge is 0.330 e. The quantitative estimate of drug-likeness (QED) is 0.700. The average Bonchev–Trinajstić information content (AvgIpc) is 2.01. The Morgan fingerprint density at radius 2 is 2.27 bits per heavy atom. The van der Waals surface area contributed by atoms with Crippen molar-refractivity contribution in [2.45, 2.75) is 13.3 Å². The van der Waals surface area contributed by atoms with Crippen molar-refractivity contribution in [3.05, 3.63) is 35.4 Å². The first-order chi connectivity index (χ1) is 5.33. The summed E-state index contributed by atoms with van der Waals surface area (Å²) < 4.78 is 8.51. The summed E-state index contributed by atoms with van der Waals surface area (Å²) in [5, 5.41) is 0. The van der Waals surface area contributed by atoms with Crippen LogP contribution in [0.5, 0.6) is 0 Å². The van der Waals surface area contributed by atoms with Gasteiger partial charge in [-0.05, 0) is 31.0 Å². The highest BCUT2D eigenvalue weighted by atomic mass is 32.2. The van der Waals surface area contributed by atoms with Crippen molar-refractivity contribution in [3.63, 3.8) is 0 Å². The highest BCUT2D eigenvalue weighted by Gasteiger charge is 1.91. The Morgan fingerprint density at radius 1 is 1.45 bits per heavy atom. The van der Waals surface area contributed by atoms with Gasteiger partial charge in [-0.1, -0.05) is 29.8 Å². The van der Waals surface area contributed by atoms with Crippen molar-refractivity contribution in [3.8, 4) is 0 Å². The first-order valence-corrected chi connectivity index (χ1v) is 4.59. The van der Waals surface area contributed by atoms with E-state index in [4.69, 9.17) is 4.55 Å². The minimum atomic E-state index is 0.781. The Labute approximate surface area is 71.7 Å². The van der Waals surface area contributed by atoms with Crippen molar-refractivity contribution in [2.75, 3.05) is 5.75 Å². The lowest BCUT2D eigenvalue weighted by Gasteiger charge is -1.98. The van der Waals surface area contributed by atoms with E-state index in [2.05, 4.69) is 25.1 Å². The molecule has 0 bridgehead atoms. The highest BCUT2D eigenvalue weighted by molar-refractivity contribution is 7.93. The van der Waals surface area contributed by atoms with E-state index in [0.717, 1.165) is 24.2 Å². The molecule has 0 saturated heterocycles. The van der Waals surface area contributed by atoms with E-state index >= 15 is 0 Å². The number of benzene rings is 1. The minimum absolute atomic E-state index is 0.781. The Bertz CT molecular complexity index is 223. The fourth-order valence-corrected chi connectivity index (χ4v) is 1.36. The number of hydrogen-bond acceptors (Lipinski definition) is 2. The Hall–Kier alpha value is -0.470. The first-order valence-electron chi connectivity index (χ1n) is 3.65. The molecule has 0 aliphatic carbocycles. The van der Waals surface area contributed by atoms with Crippen LogP contribution in [0.1, 0.15) is 11.1 Å². The van der Waals surface area contributed by atoms with Crippen molar-refractivity contribution >= 4 is 12.0 Å². The summed E-state index contributed by atoms with van der Waals surface area (Å²) in [6.45, 7) is 2.08. The molecule has 1 rings (SSSR count). The standard InChI is InChI=1S/C9H12OS/c1-8-3-2-4-9(7-8)5-6-11-10/h2-4,7,10H,5-6H2,1H3. The molecule has 60 valence electrons. The van der Waals surface area contributed by atoms with Gasteiger partial charge in [0.15, 0.2) is 0 Å². The zero-order chi connectivity index (χ0) is 8.10. The van der Waals surface area contributed by atoms with Gasteiger partial charge in [0.05, 0.1) is 0 Å². The third-order valence-electron chi connectivity index (χ3n) is 1.56. The smallest absolute Gasteiger partial charge is 0.0235 e. The van der Waals surface area contributed by atoms with Gasteiger partial charge in [-0.2, -0.15) is 0 Å². The molecule has 0 aliphatic heterocycles.